The lowest BCUT2D eigenvalue weighted by Crippen LogP contribution is -2.03. The Morgan fingerprint density at radius 2 is 1.95 bits per heavy atom. The van der Waals surface area contributed by atoms with Crippen LogP contribution in [0.15, 0.2) is 49.2 Å². The molecule has 1 heterocycles. The summed E-state index contributed by atoms with van der Waals surface area (Å²) in [6.45, 7) is 6.89. The van der Waals surface area contributed by atoms with Crippen molar-refractivity contribution in [2.45, 2.75) is 13.5 Å². The molecule has 0 aliphatic carbocycles. The number of ether oxygens (including phenoxy) is 2. The second kappa shape index (κ2) is 6.25. The third-order valence-corrected chi connectivity index (χ3v) is 3.04. The fourth-order valence-corrected chi connectivity index (χ4v) is 1.97. The third kappa shape index (κ3) is 3.06. The summed E-state index contributed by atoms with van der Waals surface area (Å²) in [7, 11) is 1.67. The molecular formula is C16H19NO2. The molecule has 0 unspecified atom stereocenters. The Balaban J connectivity index is 2.25. The lowest BCUT2D eigenvalue weighted by molar-refractivity contribution is 0.144. The van der Waals surface area contributed by atoms with Crippen LogP contribution in [0.5, 0.6) is 5.75 Å². The minimum atomic E-state index is 0.563. The number of methoxy groups -OCH3 is 1. The van der Waals surface area contributed by atoms with Crippen LogP contribution in [0.1, 0.15) is 11.3 Å². The molecule has 1 aromatic carbocycles. The fourth-order valence-electron chi connectivity index (χ4n) is 1.97. The van der Waals surface area contributed by atoms with Crippen molar-refractivity contribution in [3.63, 3.8) is 0 Å². The van der Waals surface area contributed by atoms with Crippen molar-refractivity contribution in [1.29, 1.82) is 0 Å². The normalized spacial score (nSPS) is 10.4. The molecule has 0 saturated carbocycles. The topological polar surface area (TPSA) is 23.4 Å². The Hall–Kier alpha value is -2.00. The first kappa shape index (κ1) is 13.4. The molecule has 0 amide bonds. The fraction of sp³-hybridized carbons (Fsp3) is 0.250. The van der Waals surface area contributed by atoms with Gasteiger partial charge in [0.05, 0.1) is 26.0 Å². The van der Waals surface area contributed by atoms with Crippen molar-refractivity contribution in [1.82, 2.24) is 4.57 Å². The predicted octanol–water partition coefficient (Wildman–Crippen LogP) is 3.50. The molecule has 1 aromatic heterocycles. The monoisotopic (exact) mass is 257 g/mol. The van der Waals surface area contributed by atoms with E-state index in [4.69, 9.17) is 9.47 Å². The van der Waals surface area contributed by atoms with Gasteiger partial charge in [0.15, 0.2) is 0 Å². The molecule has 0 N–H and O–H groups in total. The van der Waals surface area contributed by atoms with Crippen LogP contribution in [0.3, 0.4) is 0 Å². The number of hydrogen-bond acceptors (Lipinski definition) is 2. The summed E-state index contributed by atoms with van der Waals surface area (Å²) < 4.78 is 12.9. The van der Waals surface area contributed by atoms with Crippen molar-refractivity contribution >= 4 is 0 Å². The second-order valence-electron chi connectivity index (χ2n) is 4.32. The Labute approximate surface area is 114 Å². The first-order chi connectivity index (χ1) is 9.26. The van der Waals surface area contributed by atoms with Gasteiger partial charge >= 0.3 is 0 Å². The van der Waals surface area contributed by atoms with E-state index < -0.39 is 0 Å². The summed E-state index contributed by atoms with van der Waals surface area (Å²) in [5.74, 6) is 0.858. The summed E-state index contributed by atoms with van der Waals surface area (Å²) in [6.07, 6.45) is 3.82. The van der Waals surface area contributed by atoms with Gasteiger partial charge in [-0.05, 0) is 42.8 Å². The molecule has 0 bridgehead atoms. The summed E-state index contributed by atoms with van der Waals surface area (Å²) in [5.41, 5.74) is 3.48. The molecule has 19 heavy (non-hydrogen) atoms. The Morgan fingerprint density at radius 1 is 1.21 bits per heavy atom. The first-order valence-electron chi connectivity index (χ1n) is 6.26. The number of nitrogens with zero attached hydrogens (tertiary/aromatic N) is 1. The Morgan fingerprint density at radius 3 is 2.58 bits per heavy atom. The van der Waals surface area contributed by atoms with Gasteiger partial charge in [-0.15, -0.1) is 6.58 Å². The summed E-state index contributed by atoms with van der Waals surface area (Å²) in [4.78, 5) is 0. The molecular weight excluding hydrogens is 238 g/mol. The molecule has 0 aliphatic rings. The molecule has 2 rings (SSSR count). The maximum Gasteiger partial charge on any atom is 0.119 e. The molecule has 3 heteroatoms. The van der Waals surface area contributed by atoms with E-state index in [1.807, 2.05) is 24.3 Å². The van der Waals surface area contributed by atoms with Gasteiger partial charge in [0, 0.05) is 11.9 Å². The van der Waals surface area contributed by atoms with E-state index in [0.717, 1.165) is 17.1 Å². The van der Waals surface area contributed by atoms with E-state index in [-0.39, 0.29) is 0 Å². The van der Waals surface area contributed by atoms with Crippen LogP contribution in [0, 0.1) is 6.92 Å². The van der Waals surface area contributed by atoms with Crippen LogP contribution in [0.2, 0.25) is 0 Å². The molecule has 2 aromatic rings. The maximum absolute atomic E-state index is 5.55. The zero-order valence-corrected chi connectivity index (χ0v) is 11.4. The van der Waals surface area contributed by atoms with Gasteiger partial charge in [0.2, 0.25) is 0 Å². The average molecular weight is 257 g/mol. The van der Waals surface area contributed by atoms with Crippen LogP contribution in [0.4, 0.5) is 0 Å². The van der Waals surface area contributed by atoms with Crippen LogP contribution in [0.25, 0.3) is 5.69 Å². The number of rotatable bonds is 6. The average Bonchev–Trinajstić information content (AvgIpc) is 2.81. The molecule has 100 valence electrons. The van der Waals surface area contributed by atoms with Crippen molar-refractivity contribution in [2.75, 3.05) is 13.7 Å². The van der Waals surface area contributed by atoms with E-state index in [2.05, 4.69) is 30.3 Å². The van der Waals surface area contributed by atoms with Crippen molar-refractivity contribution in [3.05, 3.63) is 60.4 Å². The van der Waals surface area contributed by atoms with Crippen molar-refractivity contribution in [3.8, 4) is 11.4 Å². The molecule has 0 aliphatic heterocycles. The highest BCUT2D eigenvalue weighted by atomic mass is 16.5. The Bertz CT molecular complexity index is 540. The number of hydrogen-bond donors (Lipinski definition) is 0. The van der Waals surface area contributed by atoms with Crippen LogP contribution < -0.4 is 4.74 Å². The van der Waals surface area contributed by atoms with Crippen molar-refractivity contribution in [2.24, 2.45) is 0 Å². The number of aromatic nitrogens is 1. The standard InChI is InChI=1S/C16H19NO2/c1-4-11-19-12-16-13(2)9-10-17(16)14-5-7-15(18-3)8-6-14/h4-10H,1,11-12H2,2-3H3. The zero-order chi connectivity index (χ0) is 13.7. The van der Waals surface area contributed by atoms with E-state index in [1.54, 1.807) is 13.2 Å². The van der Waals surface area contributed by atoms with E-state index in [9.17, 15) is 0 Å². The predicted molar refractivity (Wildman–Crippen MR) is 76.9 cm³/mol. The minimum absolute atomic E-state index is 0.563. The minimum Gasteiger partial charge on any atom is -0.497 e. The molecule has 0 spiro atoms. The van der Waals surface area contributed by atoms with Gasteiger partial charge < -0.3 is 14.0 Å². The highest BCUT2D eigenvalue weighted by molar-refractivity contribution is 5.41. The molecule has 0 saturated heterocycles. The highest BCUT2D eigenvalue weighted by Gasteiger charge is 2.07. The largest absolute Gasteiger partial charge is 0.497 e. The molecule has 0 fully saturated rings. The maximum atomic E-state index is 5.55. The van der Waals surface area contributed by atoms with Crippen LogP contribution in [-0.4, -0.2) is 18.3 Å². The van der Waals surface area contributed by atoms with Gasteiger partial charge in [-0.2, -0.15) is 0 Å². The molecule has 3 nitrogen and oxygen atoms in total. The SMILES string of the molecule is C=CCOCc1c(C)ccn1-c1ccc(OC)cc1. The van der Waals surface area contributed by atoms with Crippen molar-refractivity contribution < 1.29 is 9.47 Å². The molecule has 0 atom stereocenters. The summed E-state index contributed by atoms with van der Waals surface area (Å²) >= 11 is 0. The van der Waals surface area contributed by atoms with Gasteiger partial charge in [-0.1, -0.05) is 6.08 Å². The van der Waals surface area contributed by atoms with Gasteiger partial charge in [-0.3, -0.25) is 0 Å². The number of benzene rings is 1. The lowest BCUT2D eigenvalue weighted by Gasteiger charge is -2.11. The quantitative estimate of drug-likeness (QED) is 0.584. The molecule has 0 radical (unpaired) electrons. The third-order valence-electron chi connectivity index (χ3n) is 3.04. The van der Waals surface area contributed by atoms with E-state index >= 15 is 0 Å². The number of aryl methyl sites for hydroxylation is 1. The van der Waals surface area contributed by atoms with Crippen LogP contribution in [-0.2, 0) is 11.3 Å². The lowest BCUT2D eigenvalue weighted by atomic mass is 10.2. The highest BCUT2D eigenvalue weighted by Crippen LogP contribution is 2.20. The van der Waals surface area contributed by atoms with Gasteiger partial charge in [0.1, 0.15) is 5.75 Å². The van der Waals surface area contributed by atoms with Gasteiger partial charge in [-0.25, -0.2) is 0 Å². The second-order valence-corrected chi connectivity index (χ2v) is 4.32. The van der Waals surface area contributed by atoms with Crippen LogP contribution >= 0.6 is 0 Å². The zero-order valence-electron chi connectivity index (χ0n) is 11.4. The smallest absolute Gasteiger partial charge is 0.119 e. The first-order valence-corrected chi connectivity index (χ1v) is 6.26. The van der Waals surface area contributed by atoms with E-state index in [0.29, 0.717) is 13.2 Å². The summed E-state index contributed by atoms with van der Waals surface area (Å²) in [5, 5.41) is 0. The summed E-state index contributed by atoms with van der Waals surface area (Å²) in [6, 6.07) is 10.1. The van der Waals surface area contributed by atoms with Gasteiger partial charge in [0.25, 0.3) is 0 Å². The Kier molecular flexibility index (Phi) is 4.42. The van der Waals surface area contributed by atoms with E-state index in [1.165, 1.54) is 5.56 Å².